The fraction of sp³-hybridized carbons (Fsp3) is 0.105. The Balaban J connectivity index is 1.98. The average Bonchev–Trinajstić information content (AvgIpc) is 2.66. The first-order chi connectivity index (χ1) is 13.6. The summed E-state index contributed by atoms with van der Waals surface area (Å²) in [7, 11) is 0. The van der Waals surface area contributed by atoms with Crippen LogP contribution in [0.3, 0.4) is 0 Å². The molecule has 0 saturated carbocycles. The van der Waals surface area contributed by atoms with Crippen molar-refractivity contribution in [2.75, 3.05) is 5.32 Å². The van der Waals surface area contributed by atoms with Gasteiger partial charge >= 0.3 is 0 Å². The van der Waals surface area contributed by atoms with E-state index in [0.717, 1.165) is 5.56 Å². The number of alkyl halides is 3. The molecule has 0 unspecified atom stereocenters. The van der Waals surface area contributed by atoms with E-state index in [1.165, 1.54) is 30.3 Å². The summed E-state index contributed by atoms with van der Waals surface area (Å²) in [6.45, 7) is 0. The zero-order chi connectivity index (χ0) is 21.4. The number of carboxylic acid groups (broad SMARTS) is 1. The second-order valence-electron chi connectivity index (χ2n) is 5.69. The number of carbonyl (C=O) groups is 2. The number of anilines is 1. The van der Waals surface area contributed by atoms with Crippen LogP contribution in [0.5, 0.6) is 0 Å². The monoisotopic (exact) mass is 470 g/mol. The van der Waals surface area contributed by atoms with Gasteiger partial charge in [-0.05, 0) is 41.6 Å². The summed E-state index contributed by atoms with van der Waals surface area (Å²) < 4.78 is -1.90. The zero-order valence-electron chi connectivity index (χ0n) is 14.7. The van der Waals surface area contributed by atoms with E-state index in [-0.39, 0.29) is 10.7 Å². The summed E-state index contributed by atoms with van der Waals surface area (Å²) in [5, 5.41) is 18.9. The normalized spacial score (nSPS) is 12.2. The molecule has 2 rings (SSSR count). The van der Waals surface area contributed by atoms with Gasteiger partial charge in [-0.25, -0.2) is 0 Å². The number of halogens is 3. The molecule has 29 heavy (non-hydrogen) atoms. The third kappa shape index (κ3) is 7.91. The fourth-order valence-electron chi connectivity index (χ4n) is 2.11. The predicted molar refractivity (Wildman–Crippen MR) is 118 cm³/mol. The molecule has 0 spiro atoms. The van der Waals surface area contributed by atoms with E-state index in [4.69, 9.17) is 47.0 Å². The summed E-state index contributed by atoms with van der Waals surface area (Å²) in [5.74, 6) is -1.79. The molecule has 0 saturated heterocycles. The van der Waals surface area contributed by atoms with Crippen molar-refractivity contribution < 1.29 is 14.7 Å². The van der Waals surface area contributed by atoms with Gasteiger partial charge in [-0.3, -0.25) is 4.79 Å². The molecule has 6 nitrogen and oxygen atoms in total. The molecule has 0 bridgehead atoms. The summed E-state index contributed by atoms with van der Waals surface area (Å²) in [4.78, 5) is 23.0. The predicted octanol–water partition coefficient (Wildman–Crippen LogP) is 2.86. The topological polar surface area (TPSA) is 93.3 Å². The molecule has 152 valence electrons. The van der Waals surface area contributed by atoms with Crippen LogP contribution >= 0.6 is 47.0 Å². The van der Waals surface area contributed by atoms with E-state index in [0.29, 0.717) is 5.69 Å². The average molecular weight is 472 g/mol. The van der Waals surface area contributed by atoms with Crippen LogP contribution < -0.4 is 21.1 Å². The maximum Gasteiger partial charge on any atom is 0.245 e. The molecule has 0 aliphatic rings. The lowest BCUT2D eigenvalue weighted by molar-refractivity contribution is -0.255. The number of aromatic carboxylic acids is 1. The van der Waals surface area contributed by atoms with E-state index in [2.05, 4.69) is 16.0 Å². The number of benzene rings is 2. The maximum absolute atomic E-state index is 12.2. The molecule has 3 N–H and O–H groups in total. The smallest absolute Gasteiger partial charge is 0.245 e. The Morgan fingerprint density at radius 3 is 2.17 bits per heavy atom. The molecular formula is C19H15Cl3N3O3S-. The van der Waals surface area contributed by atoms with Crippen molar-refractivity contribution >= 4 is 75.8 Å². The molecule has 0 fully saturated rings. The molecule has 2 aromatic carbocycles. The Bertz CT molecular complexity index is 900. The van der Waals surface area contributed by atoms with Gasteiger partial charge in [-0.15, -0.1) is 0 Å². The number of hydrogen-bond donors (Lipinski definition) is 3. The van der Waals surface area contributed by atoms with Gasteiger partial charge < -0.3 is 25.9 Å². The molecule has 0 aromatic heterocycles. The second-order valence-corrected chi connectivity index (χ2v) is 8.47. The molecule has 1 atom stereocenters. The summed E-state index contributed by atoms with van der Waals surface area (Å²) in [5.41, 5.74) is 1.34. The molecule has 2 aromatic rings. The van der Waals surface area contributed by atoms with Crippen molar-refractivity contribution in [1.29, 1.82) is 0 Å². The number of amides is 1. The Kier molecular flexibility index (Phi) is 8.28. The molecule has 0 aliphatic heterocycles. The van der Waals surface area contributed by atoms with Crippen molar-refractivity contribution in [3.05, 3.63) is 71.8 Å². The number of carbonyl (C=O) groups excluding carboxylic acids is 2. The van der Waals surface area contributed by atoms with E-state index in [9.17, 15) is 14.7 Å². The number of nitrogens with one attached hydrogen (secondary N) is 3. The van der Waals surface area contributed by atoms with E-state index in [1.54, 1.807) is 6.08 Å². The second kappa shape index (κ2) is 10.5. The van der Waals surface area contributed by atoms with Crippen LogP contribution in [-0.4, -0.2) is 26.9 Å². The Hall–Kier alpha value is -2.32. The van der Waals surface area contributed by atoms with Crippen LogP contribution in [0.15, 0.2) is 60.7 Å². The first-order valence-corrected chi connectivity index (χ1v) is 9.68. The summed E-state index contributed by atoms with van der Waals surface area (Å²) in [6.07, 6.45) is 1.78. The van der Waals surface area contributed by atoms with Crippen molar-refractivity contribution in [2.45, 2.75) is 9.96 Å². The first-order valence-electron chi connectivity index (χ1n) is 8.14. The van der Waals surface area contributed by atoms with E-state index < -0.39 is 21.8 Å². The van der Waals surface area contributed by atoms with Crippen molar-refractivity contribution in [3.8, 4) is 0 Å². The Morgan fingerprint density at radius 2 is 1.62 bits per heavy atom. The summed E-state index contributed by atoms with van der Waals surface area (Å²) in [6, 6.07) is 14.9. The molecule has 1 amide bonds. The van der Waals surface area contributed by atoms with Gasteiger partial charge in [0.05, 0.1) is 5.97 Å². The van der Waals surface area contributed by atoms with Gasteiger partial charge in [0.1, 0.15) is 6.17 Å². The lowest BCUT2D eigenvalue weighted by atomic mass is 10.2. The fourth-order valence-corrected chi connectivity index (χ4v) is 2.68. The zero-order valence-corrected chi connectivity index (χ0v) is 17.8. The highest BCUT2D eigenvalue weighted by Crippen LogP contribution is 2.29. The van der Waals surface area contributed by atoms with Crippen LogP contribution in [0.2, 0.25) is 0 Å². The minimum absolute atomic E-state index is 0.0195. The number of rotatable bonds is 6. The number of hydrogen-bond acceptors (Lipinski definition) is 4. The van der Waals surface area contributed by atoms with Crippen molar-refractivity contribution in [3.63, 3.8) is 0 Å². The maximum atomic E-state index is 12.2. The minimum Gasteiger partial charge on any atom is -0.545 e. The standard InChI is InChI=1S/C19H16Cl3N3O3S/c20-19(21,22)17(24-15(26)11-6-12-4-2-1-3-5-12)25-18(29)23-14-9-7-13(8-10-14)16(27)28/h1-11,17H,(H,24,26)(H,27,28)(H2,23,25,29)/p-1/b11-6+/t17-/m0/s1. The van der Waals surface area contributed by atoms with E-state index >= 15 is 0 Å². The Morgan fingerprint density at radius 1 is 1.00 bits per heavy atom. The highest BCUT2D eigenvalue weighted by Gasteiger charge is 2.34. The lowest BCUT2D eigenvalue weighted by Gasteiger charge is -2.27. The van der Waals surface area contributed by atoms with Gasteiger partial charge in [0.2, 0.25) is 9.70 Å². The summed E-state index contributed by atoms with van der Waals surface area (Å²) >= 11 is 23.0. The van der Waals surface area contributed by atoms with Crippen molar-refractivity contribution in [1.82, 2.24) is 10.6 Å². The first kappa shape index (κ1) is 23.0. The number of carboxylic acids is 1. The van der Waals surface area contributed by atoms with Gasteiger partial charge in [-0.1, -0.05) is 77.3 Å². The van der Waals surface area contributed by atoms with Gasteiger partial charge in [0.15, 0.2) is 5.11 Å². The van der Waals surface area contributed by atoms with Crippen LogP contribution in [0, 0.1) is 0 Å². The lowest BCUT2D eigenvalue weighted by Crippen LogP contribution is -2.55. The molecule has 0 aliphatic carbocycles. The molecular weight excluding hydrogens is 457 g/mol. The third-order valence-electron chi connectivity index (χ3n) is 3.49. The minimum atomic E-state index is -1.90. The SMILES string of the molecule is O=C(/C=C/c1ccccc1)N[C@@H](NC(=S)Nc1ccc(C(=O)[O-])cc1)C(Cl)(Cl)Cl. The largest absolute Gasteiger partial charge is 0.545 e. The number of thiocarbonyl (C=S) groups is 1. The third-order valence-corrected chi connectivity index (χ3v) is 4.37. The van der Waals surface area contributed by atoms with Gasteiger partial charge in [0, 0.05) is 11.8 Å². The highest BCUT2D eigenvalue weighted by atomic mass is 35.6. The van der Waals surface area contributed by atoms with Gasteiger partial charge in [-0.2, -0.15) is 0 Å². The van der Waals surface area contributed by atoms with Crippen LogP contribution in [0.4, 0.5) is 5.69 Å². The van der Waals surface area contributed by atoms with Crippen molar-refractivity contribution in [2.24, 2.45) is 0 Å². The molecule has 10 heteroatoms. The van der Waals surface area contributed by atoms with Crippen LogP contribution in [-0.2, 0) is 4.79 Å². The van der Waals surface area contributed by atoms with E-state index in [1.807, 2.05) is 30.3 Å². The van der Waals surface area contributed by atoms with Crippen LogP contribution in [0.1, 0.15) is 15.9 Å². The molecule has 0 radical (unpaired) electrons. The highest BCUT2D eigenvalue weighted by molar-refractivity contribution is 7.80. The Labute approximate surface area is 187 Å². The van der Waals surface area contributed by atoms with Crippen LogP contribution in [0.25, 0.3) is 6.08 Å². The molecule has 0 heterocycles. The quantitative estimate of drug-likeness (QED) is 0.260. The van der Waals surface area contributed by atoms with Gasteiger partial charge in [0.25, 0.3) is 0 Å².